The average molecular weight is 352 g/mol. The molecule has 0 aliphatic carbocycles. The summed E-state index contributed by atoms with van der Waals surface area (Å²) in [6, 6.07) is 9.80. The maximum atomic E-state index is 13.7. The monoisotopic (exact) mass is 351 g/mol. The number of benzene rings is 2. The highest BCUT2D eigenvalue weighted by Crippen LogP contribution is 2.32. The fourth-order valence-corrected chi connectivity index (χ4v) is 2.56. The Labute approximate surface area is 129 Å². The zero-order valence-corrected chi connectivity index (χ0v) is 12.4. The van der Waals surface area contributed by atoms with Crippen LogP contribution in [0.2, 0.25) is 0 Å². The minimum absolute atomic E-state index is 0.00163. The van der Waals surface area contributed by atoms with Crippen LogP contribution in [0.15, 0.2) is 40.9 Å². The first-order chi connectivity index (χ1) is 10.1. The van der Waals surface area contributed by atoms with Crippen molar-refractivity contribution in [2.24, 2.45) is 0 Å². The number of rotatable bonds is 3. The van der Waals surface area contributed by atoms with E-state index in [2.05, 4.69) is 21.2 Å². The number of amides is 1. The smallest absolute Gasteiger partial charge is 0.255 e. The first-order valence-electron chi connectivity index (χ1n) is 6.26. The van der Waals surface area contributed by atoms with E-state index in [4.69, 9.17) is 9.47 Å². The molecular weight excluding hydrogens is 341 g/mol. The van der Waals surface area contributed by atoms with Crippen LogP contribution >= 0.6 is 15.9 Å². The number of hydrogen-bond donors (Lipinski definition) is 1. The van der Waals surface area contributed by atoms with E-state index in [9.17, 15) is 9.18 Å². The van der Waals surface area contributed by atoms with Crippen molar-refractivity contribution in [2.45, 2.75) is 6.54 Å². The van der Waals surface area contributed by atoms with Gasteiger partial charge in [0.2, 0.25) is 6.79 Å². The molecule has 21 heavy (non-hydrogen) atoms. The largest absolute Gasteiger partial charge is 0.454 e. The molecular formula is C15H11BrFNO3. The molecule has 1 amide bonds. The van der Waals surface area contributed by atoms with Gasteiger partial charge in [0.25, 0.3) is 5.91 Å². The molecule has 1 aliphatic rings. The molecule has 2 aromatic rings. The maximum absolute atomic E-state index is 13.7. The zero-order chi connectivity index (χ0) is 14.8. The molecule has 0 atom stereocenters. The standard InChI is InChI=1S/C15H11BrFNO3/c16-10-2-1-3-11(17)14(10)15(19)18-7-9-4-5-12-13(6-9)21-8-20-12/h1-6H,7-8H2,(H,18,19). The summed E-state index contributed by atoms with van der Waals surface area (Å²) >= 11 is 3.18. The molecule has 0 aromatic heterocycles. The van der Waals surface area contributed by atoms with Crippen molar-refractivity contribution in [3.63, 3.8) is 0 Å². The van der Waals surface area contributed by atoms with Crippen molar-refractivity contribution in [2.75, 3.05) is 6.79 Å². The lowest BCUT2D eigenvalue weighted by molar-refractivity contribution is 0.0946. The van der Waals surface area contributed by atoms with Crippen LogP contribution in [0.1, 0.15) is 15.9 Å². The lowest BCUT2D eigenvalue weighted by Crippen LogP contribution is -2.24. The highest BCUT2D eigenvalue weighted by Gasteiger charge is 2.16. The predicted octanol–water partition coefficient (Wildman–Crippen LogP) is 3.25. The second-order valence-electron chi connectivity index (χ2n) is 4.47. The molecule has 0 bridgehead atoms. The molecule has 6 heteroatoms. The number of ether oxygens (including phenoxy) is 2. The van der Waals surface area contributed by atoms with Crippen LogP contribution in [0.3, 0.4) is 0 Å². The lowest BCUT2D eigenvalue weighted by Gasteiger charge is -2.08. The molecule has 0 saturated heterocycles. The van der Waals surface area contributed by atoms with Crippen LogP contribution in [0.25, 0.3) is 0 Å². The van der Waals surface area contributed by atoms with Gasteiger partial charge >= 0.3 is 0 Å². The van der Waals surface area contributed by atoms with Gasteiger partial charge in [0.1, 0.15) is 5.82 Å². The van der Waals surface area contributed by atoms with Crippen molar-refractivity contribution in [3.05, 3.63) is 57.8 Å². The Kier molecular flexibility index (Phi) is 3.79. The van der Waals surface area contributed by atoms with Crippen molar-refractivity contribution in [1.82, 2.24) is 5.32 Å². The summed E-state index contributed by atoms with van der Waals surface area (Å²) in [6.45, 7) is 0.476. The molecule has 0 fully saturated rings. The van der Waals surface area contributed by atoms with Crippen molar-refractivity contribution >= 4 is 21.8 Å². The molecule has 1 aliphatic heterocycles. The minimum Gasteiger partial charge on any atom is -0.454 e. The van der Waals surface area contributed by atoms with E-state index in [1.807, 2.05) is 6.07 Å². The van der Waals surface area contributed by atoms with Crippen LogP contribution in [-0.4, -0.2) is 12.7 Å². The van der Waals surface area contributed by atoms with Gasteiger partial charge in [-0.1, -0.05) is 12.1 Å². The summed E-state index contributed by atoms with van der Waals surface area (Å²) in [7, 11) is 0. The number of nitrogens with one attached hydrogen (secondary N) is 1. The van der Waals surface area contributed by atoms with Gasteiger partial charge in [-0.05, 0) is 45.8 Å². The molecule has 0 radical (unpaired) electrons. The number of fused-ring (bicyclic) bond motifs is 1. The van der Waals surface area contributed by atoms with Gasteiger partial charge in [0.05, 0.1) is 5.56 Å². The molecule has 0 unspecified atom stereocenters. The van der Waals surface area contributed by atoms with Gasteiger partial charge in [-0.3, -0.25) is 4.79 Å². The first-order valence-corrected chi connectivity index (χ1v) is 7.05. The second-order valence-corrected chi connectivity index (χ2v) is 5.32. The third-order valence-electron chi connectivity index (χ3n) is 3.08. The molecule has 2 aromatic carbocycles. The quantitative estimate of drug-likeness (QED) is 0.923. The normalized spacial score (nSPS) is 12.3. The van der Waals surface area contributed by atoms with Crippen molar-refractivity contribution < 1.29 is 18.7 Å². The van der Waals surface area contributed by atoms with Gasteiger partial charge in [-0.2, -0.15) is 0 Å². The van der Waals surface area contributed by atoms with E-state index in [1.54, 1.807) is 18.2 Å². The highest BCUT2D eigenvalue weighted by molar-refractivity contribution is 9.10. The van der Waals surface area contributed by atoms with E-state index in [1.165, 1.54) is 12.1 Å². The lowest BCUT2D eigenvalue weighted by atomic mass is 10.1. The molecule has 108 valence electrons. The summed E-state index contributed by atoms with van der Waals surface area (Å²) in [5.41, 5.74) is 0.846. The third-order valence-corrected chi connectivity index (χ3v) is 3.74. The van der Waals surface area contributed by atoms with Gasteiger partial charge in [0, 0.05) is 11.0 Å². The van der Waals surface area contributed by atoms with E-state index < -0.39 is 11.7 Å². The molecule has 1 heterocycles. The van der Waals surface area contributed by atoms with Gasteiger partial charge in [-0.15, -0.1) is 0 Å². The maximum Gasteiger partial charge on any atom is 0.255 e. The minimum atomic E-state index is -0.562. The van der Waals surface area contributed by atoms with Crippen LogP contribution in [0.5, 0.6) is 11.5 Å². The fourth-order valence-electron chi connectivity index (χ4n) is 2.04. The van der Waals surface area contributed by atoms with Crippen LogP contribution < -0.4 is 14.8 Å². The number of carbonyl (C=O) groups excluding carboxylic acids is 1. The van der Waals surface area contributed by atoms with E-state index in [0.29, 0.717) is 16.0 Å². The highest BCUT2D eigenvalue weighted by atomic mass is 79.9. The Morgan fingerprint density at radius 2 is 2.05 bits per heavy atom. The van der Waals surface area contributed by atoms with Crippen molar-refractivity contribution in [1.29, 1.82) is 0 Å². The summed E-state index contributed by atoms with van der Waals surface area (Å²) in [5.74, 6) is 0.293. The Hall–Kier alpha value is -2.08. The summed E-state index contributed by atoms with van der Waals surface area (Å²) in [4.78, 5) is 12.1. The van der Waals surface area contributed by atoms with Gasteiger partial charge in [-0.25, -0.2) is 4.39 Å². The first kappa shape index (κ1) is 13.9. The fraction of sp³-hybridized carbons (Fsp3) is 0.133. The molecule has 4 nitrogen and oxygen atoms in total. The van der Waals surface area contributed by atoms with E-state index >= 15 is 0 Å². The zero-order valence-electron chi connectivity index (χ0n) is 10.9. The molecule has 0 saturated carbocycles. The molecule has 1 N–H and O–H groups in total. The summed E-state index contributed by atoms with van der Waals surface area (Å²) < 4.78 is 24.6. The van der Waals surface area contributed by atoms with Crippen molar-refractivity contribution in [3.8, 4) is 11.5 Å². The predicted molar refractivity (Wildman–Crippen MR) is 77.8 cm³/mol. The molecule has 3 rings (SSSR count). The summed E-state index contributed by atoms with van der Waals surface area (Å²) in [6.07, 6.45) is 0. The Balaban J connectivity index is 1.71. The Morgan fingerprint density at radius 1 is 1.24 bits per heavy atom. The summed E-state index contributed by atoms with van der Waals surface area (Å²) in [5, 5.41) is 2.68. The van der Waals surface area contributed by atoms with Crippen LogP contribution in [0, 0.1) is 5.82 Å². The van der Waals surface area contributed by atoms with Gasteiger partial charge < -0.3 is 14.8 Å². The van der Waals surface area contributed by atoms with E-state index in [0.717, 1.165) is 5.56 Å². The Morgan fingerprint density at radius 3 is 2.86 bits per heavy atom. The van der Waals surface area contributed by atoms with Crippen LogP contribution in [-0.2, 0) is 6.54 Å². The number of carbonyl (C=O) groups is 1. The SMILES string of the molecule is O=C(NCc1ccc2c(c1)OCO2)c1c(F)cccc1Br. The molecule has 0 spiro atoms. The average Bonchev–Trinajstić information content (AvgIpc) is 2.92. The van der Waals surface area contributed by atoms with E-state index in [-0.39, 0.29) is 18.9 Å². The van der Waals surface area contributed by atoms with Crippen LogP contribution in [0.4, 0.5) is 4.39 Å². The van der Waals surface area contributed by atoms with Gasteiger partial charge in [0.15, 0.2) is 11.5 Å². The topological polar surface area (TPSA) is 47.6 Å². The number of hydrogen-bond acceptors (Lipinski definition) is 3. The third kappa shape index (κ3) is 2.85. The Bertz CT molecular complexity index is 685. The number of halogens is 2. The second kappa shape index (κ2) is 5.73.